The molecule has 0 amide bonds. The lowest BCUT2D eigenvalue weighted by Gasteiger charge is -2.07. The number of rotatable bonds is 0. The highest BCUT2D eigenvalue weighted by atomic mass is 32.2. The first-order valence-electron chi connectivity index (χ1n) is 3.94. The Morgan fingerprint density at radius 3 is 2.67 bits per heavy atom. The van der Waals surface area contributed by atoms with Gasteiger partial charge in [-0.1, -0.05) is 12.2 Å². The molecule has 2 aliphatic rings. The van der Waals surface area contributed by atoms with Crippen molar-refractivity contribution in [3.05, 3.63) is 22.6 Å². The zero-order valence-corrected chi connectivity index (χ0v) is 7.76. The van der Waals surface area contributed by atoms with Crippen LogP contribution in [0, 0.1) is 0 Å². The minimum Gasteiger partial charge on any atom is -0.207 e. The molecule has 0 fully saturated rings. The van der Waals surface area contributed by atoms with Crippen LogP contribution in [0.25, 0.3) is 0 Å². The molecule has 0 saturated heterocycles. The molecule has 66 valence electrons. The Morgan fingerprint density at radius 2 is 2.00 bits per heavy atom. The van der Waals surface area contributed by atoms with E-state index in [0.717, 1.165) is 12.0 Å². The summed E-state index contributed by atoms with van der Waals surface area (Å²) in [4.78, 5) is 0.632. The predicted molar refractivity (Wildman–Crippen MR) is 46.9 cm³/mol. The fourth-order valence-corrected chi connectivity index (χ4v) is 3.18. The number of likely N-dealkylation sites (N-methyl/N-ethyl adjacent to an activating group) is 1. The number of allylic oxidation sites excluding steroid dienone is 3. The molecule has 0 bridgehead atoms. The number of sulfonamides is 1. The summed E-state index contributed by atoms with van der Waals surface area (Å²) in [6.07, 6.45) is 5.35. The van der Waals surface area contributed by atoms with Crippen LogP contribution in [0.15, 0.2) is 22.6 Å². The average molecular weight is 185 g/mol. The molecule has 0 aromatic rings. The largest absolute Gasteiger partial charge is 0.239 e. The van der Waals surface area contributed by atoms with Crippen molar-refractivity contribution in [2.75, 3.05) is 13.6 Å². The van der Waals surface area contributed by atoms with Crippen molar-refractivity contribution in [2.45, 2.75) is 12.8 Å². The molecule has 4 heteroatoms. The van der Waals surface area contributed by atoms with Gasteiger partial charge < -0.3 is 0 Å². The molecule has 12 heavy (non-hydrogen) atoms. The van der Waals surface area contributed by atoms with Crippen LogP contribution in [0.3, 0.4) is 0 Å². The zero-order valence-electron chi connectivity index (χ0n) is 6.95. The summed E-state index contributed by atoms with van der Waals surface area (Å²) in [5.74, 6) is 0. The second kappa shape index (κ2) is 2.44. The molecule has 0 spiro atoms. The van der Waals surface area contributed by atoms with Crippen LogP contribution in [0.2, 0.25) is 0 Å². The summed E-state index contributed by atoms with van der Waals surface area (Å²) < 4.78 is 24.5. The standard InChI is InChI=1S/C8H11NO2S/c1-9-6-7-4-2-3-5-8(7)12(9,10)11/h2-3H,4-6H2,1H3. The van der Waals surface area contributed by atoms with Crippen molar-refractivity contribution >= 4 is 10.0 Å². The molecule has 3 nitrogen and oxygen atoms in total. The summed E-state index contributed by atoms with van der Waals surface area (Å²) in [5, 5.41) is 0. The Kier molecular flexibility index (Phi) is 1.63. The van der Waals surface area contributed by atoms with Gasteiger partial charge >= 0.3 is 0 Å². The molecule has 2 rings (SSSR count). The maximum atomic E-state index is 11.6. The minimum absolute atomic E-state index is 0.585. The van der Waals surface area contributed by atoms with E-state index < -0.39 is 10.0 Å². The van der Waals surface area contributed by atoms with Gasteiger partial charge in [-0.15, -0.1) is 0 Å². The molecular formula is C8H11NO2S. The van der Waals surface area contributed by atoms with E-state index in [4.69, 9.17) is 0 Å². The highest BCUT2D eigenvalue weighted by Gasteiger charge is 2.33. The lowest BCUT2D eigenvalue weighted by atomic mass is 10.1. The Labute approximate surface area is 72.4 Å². The van der Waals surface area contributed by atoms with Crippen LogP contribution in [0.4, 0.5) is 0 Å². The van der Waals surface area contributed by atoms with E-state index in [1.54, 1.807) is 7.05 Å². The maximum absolute atomic E-state index is 11.6. The smallest absolute Gasteiger partial charge is 0.207 e. The normalized spacial score (nSPS) is 27.8. The third-order valence-electron chi connectivity index (χ3n) is 2.36. The fourth-order valence-electron chi connectivity index (χ4n) is 1.66. The van der Waals surface area contributed by atoms with Crippen LogP contribution >= 0.6 is 0 Å². The Hall–Kier alpha value is -0.610. The topological polar surface area (TPSA) is 37.4 Å². The predicted octanol–water partition coefficient (Wildman–Crippen LogP) is 0.866. The molecule has 0 atom stereocenters. The first kappa shape index (κ1) is 8.01. The van der Waals surface area contributed by atoms with Gasteiger partial charge in [0.05, 0.1) is 4.91 Å². The lowest BCUT2D eigenvalue weighted by Crippen LogP contribution is -2.21. The van der Waals surface area contributed by atoms with Crippen molar-refractivity contribution in [1.82, 2.24) is 4.31 Å². The van der Waals surface area contributed by atoms with E-state index >= 15 is 0 Å². The second-order valence-corrected chi connectivity index (χ2v) is 5.23. The van der Waals surface area contributed by atoms with E-state index in [0.29, 0.717) is 17.9 Å². The first-order chi connectivity index (χ1) is 5.62. The van der Waals surface area contributed by atoms with Crippen LogP contribution in [0.1, 0.15) is 12.8 Å². The molecule has 0 saturated carbocycles. The molecule has 0 aromatic heterocycles. The van der Waals surface area contributed by atoms with Gasteiger partial charge in [-0.2, -0.15) is 4.31 Å². The van der Waals surface area contributed by atoms with Gasteiger partial charge in [0.25, 0.3) is 0 Å². The fraction of sp³-hybridized carbons (Fsp3) is 0.500. The van der Waals surface area contributed by atoms with E-state index in [-0.39, 0.29) is 0 Å². The van der Waals surface area contributed by atoms with E-state index in [2.05, 4.69) is 0 Å². The van der Waals surface area contributed by atoms with Crippen molar-refractivity contribution in [2.24, 2.45) is 0 Å². The van der Waals surface area contributed by atoms with Crippen molar-refractivity contribution in [1.29, 1.82) is 0 Å². The molecule has 0 aromatic carbocycles. The number of hydrogen-bond donors (Lipinski definition) is 0. The van der Waals surface area contributed by atoms with Gasteiger partial charge in [-0.25, -0.2) is 8.42 Å². The molecule has 0 unspecified atom stereocenters. The summed E-state index contributed by atoms with van der Waals surface area (Å²) in [6, 6.07) is 0. The van der Waals surface area contributed by atoms with Crippen LogP contribution in [0.5, 0.6) is 0 Å². The molecule has 1 aliphatic heterocycles. The summed E-state index contributed by atoms with van der Waals surface area (Å²) in [6.45, 7) is 0.585. The van der Waals surface area contributed by atoms with Gasteiger partial charge in [-0.3, -0.25) is 0 Å². The number of nitrogens with zero attached hydrogens (tertiary/aromatic N) is 1. The Morgan fingerprint density at radius 1 is 1.33 bits per heavy atom. The van der Waals surface area contributed by atoms with E-state index in [1.165, 1.54) is 4.31 Å². The van der Waals surface area contributed by atoms with Crippen molar-refractivity contribution in [3.8, 4) is 0 Å². The van der Waals surface area contributed by atoms with Crippen LogP contribution in [-0.4, -0.2) is 26.3 Å². The monoisotopic (exact) mass is 185 g/mol. The molecule has 1 aliphatic carbocycles. The van der Waals surface area contributed by atoms with Gasteiger partial charge in [0, 0.05) is 20.0 Å². The summed E-state index contributed by atoms with van der Waals surface area (Å²) >= 11 is 0. The molecule has 0 radical (unpaired) electrons. The minimum atomic E-state index is -3.06. The highest BCUT2D eigenvalue weighted by Crippen LogP contribution is 2.32. The maximum Gasteiger partial charge on any atom is 0.239 e. The molecular weight excluding hydrogens is 174 g/mol. The summed E-state index contributed by atoms with van der Waals surface area (Å²) in [7, 11) is -1.43. The lowest BCUT2D eigenvalue weighted by molar-refractivity contribution is 0.511. The third-order valence-corrected chi connectivity index (χ3v) is 4.39. The average Bonchev–Trinajstić information content (AvgIpc) is 2.25. The van der Waals surface area contributed by atoms with Gasteiger partial charge in [0.15, 0.2) is 0 Å². The second-order valence-electron chi connectivity index (χ2n) is 3.17. The van der Waals surface area contributed by atoms with Crippen molar-refractivity contribution < 1.29 is 8.42 Å². The van der Waals surface area contributed by atoms with Gasteiger partial charge in [0.1, 0.15) is 0 Å². The van der Waals surface area contributed by atoms with Gasteiger partial charge in [-0.05, 0) is 12.0 Å². The van der Waals surface area contributed by atoms with Crippen LogP contribution < -0.4 is 0 Å². The highest BCUT2D eigenvalue weighted by molar-refractivity contribution is 7.93. The SMILES string of the molecule is CN1CC2=C(CC=CC2)S1(=O)=O. The zero-order chi connectivity index (χ0) is 8.77. The van der Waals surface area contributed by atoms with Crippen molar-refractivity contribution in [3.63, 3.8) is 0 Å². The van der Waals surface area contributed by atoms with Crippen LogP contribution in [-0.2, 0) is 10.0 Å². The first-order valence-corrected chi connectivity index (χ1v) is 5.38. The third kappa shape index (κ3) is 0.949. The molecule has 0 N–H and O–H groups in total. The quantitative estimate of drug-likeness (QED) is 0.525. The Balaban J connectivity index is 2.47. The summed E-state index contributed by atoms with van der Waals surface area (Å²) in [5.41, 5.74) is 1.07. The van der Waals surface area contributed by atoms with Gasteiger partial charge in [0.2, 0.25) is 10.0 Å². The molecule has 1 heterocycles. The van der Waals surface area contributed by atoms with E-state index in [1.807, 2.05) is 12.2 Å². The number of hydrogen-bond acceptors (Lipinski definition) is 2. The van der Waals surface area contributed by atoms with E-state index in [9.17, 15) is 8.42 Å². The Bertz CT molecular complexity index is 365.